The van der Waals surface area contributed by atoms with Gasteiger partial charge in [-0.25, -0.2) is 0 Å². The van der Waals surface area contributed by atoms with Crippen LogP contribution >= 0.6 is 0 Å². The molecule has 3 unspecified atom stereocenters. The summed E-state index contributed by atoms with van der Waals surface area (Å²) < 4.78 is 7.14. The molecule has 3 aliphatic rings. The minimum absolute atomic E-state index is 0.0671. The van der Waals surface area contributed by atoms with Crippen molar-refractivity contribution >= 4 is 11.6 Å². The Morgan fingerprint density at radius 2 is 1.14 bits per heavy atom. The quantitative estimate of drug-likeness (QED) is 0.168. The molecule has 10 rings (SSSR count). The number of fused-ring (bicyclic) bond motifs is 7. The van der Waals surface area contributed by atoms with Crippen LogP contribution in [0.5, 0.6) is 5.75 Å². The fourth-order valence-electron chi connectivity index (χ4n) is 9.04. The maximum absolute atomic E-state index is 7.14. The molecule has 51 heavy (non-hydrogen) atoms. The first kappa shape index (κ1) is 29.9. The van der Waals surface area contributed by atoms with E-state index in [0.29, 0.717) is 0 Å². The topological polar surface area (TPSA) is 9.23 Å². The number of hydrogen-bond donors (Lipinski definition) is 0. The Bertz CT molecular complexity index is 2580. The normalized spacial score (nSPS) is 18.0. The van der Waals surface area contributed by atoms with Crippen molar-refractivity contribution in [3.63, 3.8) is 0 Å². The monoisotopic (exact) mass is 654 g/mol. The third-order valence-electron chi connectivity index (χ3n) is 11.6. The number of benzene rings is 7. The minimum Gasteiger partial charge on any atom is -0.484 e. The third kappa shape index (κ3) is 4.76. The molecule has 0 aromatic heterocycles. The van der Waals surface area contributed by atoms with E-state index in [2.05, 4.69) is 190 Å². The van der Waals surface area contributed by atoms with Crippen molar-refractivity contribution in [2.24, 2.45) is 0 Å². The summed E-state index contributed by atoms with van der Waals surface area (Å²) >= 11 is 0. The highest BCUT2D eigenvalue weighted by Gasteiger charge is 2.40. The van der Waals surface area contributed by atoms with Gasteiger partial charge in [0.25, 0.3) is 0 Å². The van der Waals surface area contributed by atoms with Crippen LogP contribution in [0.1, 0.15) is 64.6 Å². The van der Waals surface area contributed by atoms with Crippen LogP contribution in [0.3, 0.4) is 0 Å². The van der Waals surface area contributed by atoms with Gasteiger partial charge in [-0.05, 0) is 78.2 Å². The summed E-state index contributed by atoms with van der Waals surface area (Å²) in [5, 5.41) is 2.54. The van der Waals surface area contributed by atoms with Crippen molar-refractivity contribution in [2.75, 3.05) is 0 Å². The zero-order valence-corrected chi connectivity index (χ0v) is 28.9. The average molecular weight is 655 g/mol. The molecule has 1 nitrogen and oxygen atoms in total. The lowest BCUT2D eigenvalue weighted by molar-refractivity contribution is 0.281. The second-order valence-electron chi connectivity index (χ2n) is 14.8. The summed E-state index contributed by atoms with van der Waals surface area (Å²) in [7, 11) is 0. The van der Waals surface area contributed by atoms with Gasteiger partial charge in [-0.3, -0.25) is 0 Å². The van der Waals surface area contributed by atoms with Gasteiger partial charge >= 0.3 is 0 Å². The fraction of sp³-hybridized carbons (Fsp3) is 0.120. The maximum Gasteiger partial charge on any atom is 0.135 e. The Kier molecular flexibility index (Phi) is 6.80. The molecule has 0 amide bonds. The van der Waals surface area contributed by atoms with Crippen molar-refractivity contribution in [3.05, 3.63) is 219 Å². The highest BCUT2D eigenvalue weighted by molar-refractivity contribution is 5.85. The lowest BCUT2D eigenvalue weighted by Gasteiger charge is -2.26. The Labute approximate surface area is 299 Å². The van der Waals surface area contributed by atoms with E-state index >= 15 is 0 Å². The van der Waals surface area contributed by atoms with E-state index in [1.165, 1.54) is 77.2 Å². The molecule has 3 atom stereocenters. The molecular formula is C50H38O. The van der Waals surface area contributed by atoms with Crippen LogP contribution in [-0.4, -0.2) is 6.10 Å². The number of hydrogen-bond acceptors (Lipinski definition) is 1. The van der Waals surface area contributed by atoms with Gasteiger partial charge in [0, 0.05) is 28.4 Å². The van der Waals surface area contributed by atoms with E-state index in [0.717, 1.165) is 5.75 Å². The summed E-state index contributed by atoms with van der Waals surface area (Å²) in [6.45, 7) is 4.72. The molecular weight excluding hydrogens is 617 g/mol. The van der Waals surface area contributed by atoms with Crippen LogP contribution in [0.25, 0.3) is 33.9 Å². The molecule has 0 saturated carbocycles. The van der Waals surface area contributed by atoms with E-state index in [4.69, 9.17) is 4.74 Å². The van der Waals surface area contributed by atoms with Gasteiger partial charge in [0.1, 0.15) is 11.9 Å². The zero-order valence-electron chi connectivity index (χ0n) is 28.9. The van der Waals surface area contributed by atoms with Gasteiger partial charge in [-0.2, -0.15) is 0 Å². The molecule has 0 N–H and O–H groups in total. The molecule has 1 heterocycles. The van der Waals surface area contributed by atoms with Gasteiger partial charge in [0.05, 0.1) is 0 Å². The lowest BCUT2D eigenvalue weighted by atomic mass is 9.78. The molecule has 7 aromatic rings. The summed E-state index contributed by atoms with van der Waals surface area (Å²) in [6.07, 6.45) is 2.33. The zero-order chi connectivity index (χ0) is 34.1. The van der Waals surface area contributed by atoms with E-state index in [-0.39, 0.29) is 23.4 Å². The van der Waals surface area contributed by atoms with Crippen LogP contribution in [-0.2, 0) is 5.41 Å². The second kappa shape index (κ2) is 11.6. The fourth-order valence-corrected chi connectivity index (χ4v) is 9.04. The van der Waals surface area contributed by atoms with Crippen molar-refractivity contribution in [1.29, 1.82) is 0 Å². The van der Waals surface area contributed by atoms with E-state index in [1.54, 1.807) is 0 Å². The summed E-state index contributed by atoms with van der Waals surface area (Å²) in [6, 6.07) is 62.4. The molecule has 0 saturated heterocycles. The first-order valence-electron chi connectivity index (χ1n) is 18.1. The Morgan fingerprint density at radius 1 is 0.510 bits per heavy atom. The molecule has 244 valence electrons. The molecule has 1 aliphatic heterocycles. The van der Waals surface area contributed by atoms with Crippen molar-refractivity contribution in [1.82, 2.24) is 0 Å². The predicted molar refractivity (Wildman–Crippen MR) is 210 cm³/mol. The van der Waals surface area contributed by atoms with Gasteiger partial charge < -0.3 is 4.74 Å². The Morgan fingerprint density at radius 3 is 1.96 bits per heavy atom. The maximum atomic E-state index is 7.14. The number of rotatable bonds is 5. The van der Waals surface area contributed by atoms with Crippen molar-refractivity contribution in [2.45, 2.75) is 37.2 Å². The SMILES string of the molecule is CC1(C)c2ccccc2-c2ccc(C3=c4ccccc4=CC4c5ccc(C(c6ccccc6)c6ccc(-c7ccccc7)cc6)cc5OC34)cc21. The Hall–Kier alpha value is -5.92. The van der Waals surface area contributed by atoms with Gasteiger partial charge in [-0.1, -0.05) is 178 Å². The smallest absolute Gasteiger partial charge is 0.135 e. The number of ether oxygens (including phenoxy) is 1. The summed E-state index contributed by atoms with van der Waals surface area (Å²) in [5.74, 6) is 1.20. The van der Waals surface area contributed by atoms with Gasteiger partial charge in [-0.15, -0.1) is 0 Å². The predicted octanol–water partition coefficient (Wildman–Crippen LogP) is 10.4. The summed E-state index contributed by atoms with van der Waals surface area (Å²) in [5.41, 5.74) is 15.4. The molecule has 0 radical (unpaired) electrons. The van der Waals surface area contributed by atoms with Crippen molar-refractivity contribution in [3.8, 4) is 28.0 Å². The van der Waals surface area contributed by atoms with Crippen LogP contribution in [0, 0.1) is 0 Å². The standard InChI is InChI=1S/C50H38O/c1-50(2)44-20-12-11-19-40(44)41-27-25-37(30-45(41)50)48-39-18-10-9-17-36(39)29-43-42-28-26-38(31-46(42)51-49(43)48)47(34-15-7-4-8-16-34)35-23-21-33(22-24-35)32-13-5-3-6-14-32/h3-31,43,47,49H,1-2H3. The lowest BCUT2D eigenvalue weighted by Crippen LogP contribution is -2.39. The van der Waals surface area contributed by atoms with Crippen LogP contribution in [0.4, 0.5) is 0 Å². The van der Waals surface area contributed by atoms with Crippen molar-refractivity contribution < 1.29 is 4.74 Å². The highest BCUT2D eigenvalue weighted by atomic mass is 16.5. The van der Waals surface area contributed by atoms with Gasteiger partial charge in [0.2, 0.25) is 0 Å². The van der Waals surface area contributed by atoms with Crippen LogP contribution in [0.15, 0.2) is 170 Å². The molecule has 0 spiro atoms. The van der Waals surface area contributed by atoms with E-state index < -0.39 is 0 Å². The first-order chi connectivity index (χ1) is 25.0. The molecule has 0 bridgehead atoms. The largest absolute Gasteiger partial charge is 0.484 e. The third-order valence-corrected chi connectivity index (χ3v) is 11.6. The van der Waals surface area contributed by atoms with E-state index in [1.807, 2.05) is 0 Å². The molecule has 0 fully saturated rings. The van der Waals surface area contributed by atoms with Crippen LogP contribution < -0.4 is 15.2 Å². The second-order valence-corrected chi connectivity index (χ2v) is 14.8. The molecule has 7 aromatic carbocycles. The summed E-state index contributed by atoms with van der Waals surface area (Å²) in [4.78, 5) is 0. The first-order valence-corrected chi connectivity index (χ1v) is 18.1. The van der Waals surface area contributed by atoms with Crippen LogP contribution in [0.2, 0.25) is 0 Å². The Balaban J connectivity index is 1.06. The molecule has 2 aliphatic carbocycles. The van der Waals surface area contributed by atoms with Gasteiger partial charge in [0.15, 0.2) is 0 Å². The minimum atomic E-state index is -0.101. The highest BCUT2D eigenvalue weighted by Crippen LogP contribution is 2.51. The van der Waals surface area contributed by atoms with E-state index in [9.17, 15) is 0 Å². The average Bonchev–Trinajstić information content (AvgIpc) is 3.65. The molecule has 1 heteroatoms.